The Bertz CT molecular complexity index is 229. The van der Waals surface area contributed by atoms with Crippen molar-refractivity contribution in [2.75, 3.05) is 18.2 Å². The van der Waals surface area contributed by atoms with Crippen LogP contribution >= 0.6 is 39.3 Å². The SMILES string of the molecule is COC(=O)C1=C(Cl)C(CBr)CS1. The highest BCUT2D eigenvalue weighted by atomic mass is 79.9. The molecule has 1 heterocycles. The Morgan fingerprint density at radius 2 is 2.58 bits per heavy atom. The molecule has 0 aliphatic carbocycles. The summed E-state index contributed by atoms with van der Waals surface area (Å²) >= 11 is 10.7. The van der Waals surface area contributed by atoms with E-state index >= 15 is 0 Å². The molecule has 2 nitrogen and oxygen atoms in total. The highest BCUT2D eigenvalue weighted by molar-refractivity contribution is 9.09. The second kappa shape index (κ2) is 4.53. The Balaban J connectivity index is 2.77. The largest absolute Gasteiger partial charge is 0.465 e. The lowest BCUT2D eigenvalue weighted by Crippen LogP contribution is -2.03. The van der Waals surface area contributed by atoms with E-state index in [1.54, 1.807) is 0 Å². The summed E-state index contributed by atoms with van der Waals surface area (Å²) in [5.41, 5.74) is 0. The molecule has 0 fully saturated rings. The van der Waals surface area contributed by atoms with Crippen LogP contribution < -0.4 is 0 Å². The molecule has 0 amide bonds. The van der Waals surface area contributed by atoms with Crippen molar-refractivity contribution in [2.45, 2.75) is 0 Å². The number of carbonyl (C=O) groups excluding carboxylic acids is 1. The van der Waals surface area contributed by atoms with E-state index in [4.69, 9.17) is 11.6 Å². The van der Waals surface area contributed by atoms with E-state index in [0.717, 1.165) is 11.1 Å². The van der Waals surface area contributed by atoms with Gasteiger partial charge in [0, 0.05) is 22.0 Å². The molecule has 0 saturated heterocycles. The molecule has 1 atom stereocenters. The third-order valence-corrected chi connectivity index (χ3v) is 4.20. The molecule has 0 aromatic heterocycles. The van der Waals surface area contributed by atoms with E-state index in [0.29, 0.717) is 9.94 Å². The first-order chi connectivity index (χ1) is 5.70. The minimum Gasteiger partial charge on any atom is -0.465 e. The van der Waals surface area contributed by atoms with Gasteiger partial charge >= 0.3 is 5.97 Å². The molecule has 1 aliphatic rings. The fraction of sp³-hybridized carbons (Fsp3) is 0.571. The molecular formula is C7H8BrClO2S. The van der Waals surface area contributed by atoms with Crippen LogP contribution in [-0.2, 0) is 9.53 Å². The second-order valence-corrected chi connectivity index (χ2v) is 4.42. The van der Waals surface area contributed by atoms with Crippen LogP contribution in [0.3, 0.4) is 0 Å². The third kappa shape index (κ3) is 1.98. The number of thioether (sulfide) groups is 1. The molecule has 0 bridgehead atoms. The molecule has 1 rings (SSSR count). The molecule has 0 spiro atoms. The average Bonchev–Trinajstić information content (AvgIpc) is 2.45. The molecule has 0 aromatic carbocycles. The van der Waals surface area contributed by atoms with Crippen molar-refractivity contribution >= 4 is 45.3 Å². The van der Waals surface area contributed by atoms with E-state index < -0.39 is 0 Å². The average molecular weight is 272 g/mol. The number of alkyl halides is 1. The maximum atomic E-state index is 11.1. The van der Waals surface area contributed by atoms with Crippen molar-refractivity contribution in [3.63, 3.8) is 0 Å². The van der Waals surface area contributed by atoms with Gasteiger partial charge in [-0.05, 0) is 0 Å². The lowest BCUT2D eigenvalue weighted by molar-refractivity contribution is -0.135. The van der Waals surface area contributed by atoms with E-state index in [9.17, 15) is 4.79 Å². The molecule has 5 heteroatoms. The highest BCUT2D eigenvalue weighted by Gasteiger charge is 2.28. The van der Waals surface area contributed by atoms with Crippen LogP contribution in [0, 0.1) is 5.92 Å². The third-order valence-electron chi connectivity index (χ3n) is 1.56. The monoisotopic (exact) mass is 270 g/mol. The summed E-state index contributed by atoms with van der Waals surface area (Å²) in [5.74, 6) is 0.786. The standard InChI is InChI=1S/C7H8BrClO2S/c1-11-7(10)6-5(9)4(2-8)3-12-6/h4H,2-3H2,1H3. The molecule has 12 heavy (non-hydrogen) atoms. The Kier molecular flexibility index (Phi) is 3.93. The minimum atomic E-state index is -0.326. The number of halogens is 2. The zero-order chi connectivity index (χ0) is 9.14. The number of hydrogen-bond acceptors (Lipinski definition) is 3. The maximum Gasteiger partial charge on any atom is 0.345 e. The van der Waals surface area contributed by atoms with Crippen LogP contribution in [0.5, 0.6) is 0 Å². The number of allylic oxidation sites excluding steroid dienone is 1. The predicted molar refractivity (Wildman–Crippen MR) is 54.6 cm³/mol. The van der Waals surface area contributed by atoms with Crippen LogP contribution in [0.2, 0.25) is 0 Å². The predicted octanol–water partition coefficient (Wildman–Crippen LogP) is 2.37. The van der Waals surface area contributed by atoms with E-state index in [1.165, 1.54) is 18.9 Å². The first-order valence-electron chi connectivity index (χ1n) is 3.37. The van der Waals surface area contributed by atoms with Gasteiger partial charge in [-0.25, -0.2) is 4.79 Å². The topological polar surface area (TPSA) is 26.3 Å². The van der Waals surface area contributed by atoms with Crippen molar-refractivity contribution in [1.82, 2.24) is 0 Å². The number of methoxy groups -OCH3 is 1. The highest BCUT2D eigenvalue weighted by Crippen LogP contribution is 2.39. The second-order valence-electron chi connectivity index (χ2n) is 2.33. The summed E-state index contributed by atoms with van der Waals surface area (Å²) in [7, 11) is 1.36. The summed E-state index contributed by atoms with van der Waals surface area (Å²) in [6, 6.07) is 0. The summed E-state index contributed by atoms with van der Waals surface area (Å²) in [5, 5.41) is 1.42. The minimum absolute atomic E-state index is 0.255. The van der Waals surface area contributed by atoms with Gasteiger partial charge in [-0.1, -0.05) is 27.5 Å². The van der Waals surface area contributed by atoms with Gasteiger partial charge in [0.05, 0.1) is 7.11 Å². The molecular weight excluding hydrogens is 263 g/mol. The van der Waals surface area contributed by atoms with Gasteiger partial charge in [-0.2, -0.15) is 0 Å². The summed E-state index contributed by atoms with van der Waals surface area (Å²) < 4.78 is 4.58. The van der Waals surface area contributed by atoms with Crippen molar-refractivity contribution in [3.05, 3.63) is 9.94 Å². The first-order valence-corrected chi connectivity index (χ1v) is 5.86. The Labute approximate surface area is 88.8 Å². The first kappa shape index (κ1) is 10.4. The normalized spacial score (nSPS) is 23.1. The smallest absolute Gasteiger partial charge is 0.345 e. The number of carbonyl (C=O) groups is 1. The fourth-order valence-electron chi connectivity index (χ4n) is 0.873. The van der Waals surface area contributed by atoms with Gasteiger partial charge in [0.15, 0.2) is 0 Å². The number of ether oxygens (including phenoxy) is 1. The van der Waals surface area contributed by atoms with Crippen molar-refractivity contribution in [2.24, 2.45) is 5.92 Å². The van der Waals surface area contributed by atoms with Crippen LogP contribution in [0.1, 0.15) is 0 Å². The summed E-state index contributed by atoms with van der Waals surface area (Å²) in [6.07, 6.45) is 0. The van der Waals surface area contributed by atoms with E-state index in [-0.39, 0.29) is 11.9 Å². The summed E-state index contributed by atoms with van der Waals surface area (Å²) in [6.45, 7) is 0. The Morgan fingerprint density at radius 1 is 1.92 bits per heavy atom. The number of esters is 1. The van der Waals surface area contributed by atoms with Gasteiger partial charge in [0.1, 0.15) is 4.91 Å². The maximum absolute atomic E-state index is 11.1. The van der Waals surface area contributed by atoms with Crippen LogP contribution in [0.25, 0.3) is 0 Å². The number of hydrogen-bond donors (Lipinski definition) is 0. The lowest BCUT2D eigenvalue weighted by Gasteiger charge is -2.02. The van der Waals surface area contributed by atoms with Gasteiger partial charge in [-0.15, -0.1) is 11.8 Å². The molecule has 0 aromatic rings. The van der Waals surface area contributed by atoms with Crippen LogP contribution in [-0.4, -0.2) is 24.2 Å². The molecule has 1 unspecified atom stereocenters. The van der Waals surface area contributed by atoms with Crippen molar-refractivity contribution in [1.29, 1.82) is 0 Å². The van der Waals surface area contributed by atoms with Gasteiger partial charge in [-0.3, -0.25) is 0 Å². The van der Waals surface area contributed by atoms with Crippen molar-refractivity contribution < 1.29 is 9.53 Å². The van der Waals surface area contributed by atoms with Crippen LogP contribution in [0.15, 0.2) is 9.94 Å². The zero-order valence-corrected chi connectivity index (χ0v) is 9.63. The Morgan fingerprint density at radius 3 is 3.00 bits per heavy atom. The zero-order valence-electron chi connectivity index (χ0n) is 6.47. The quantitative estimate of drug-likeness (QED) is 0.570. The van der Waals surface area contributed by atoms with Crippen LogP contribution in [0.4, 0.5) is 0 Å². The van der Waals surface area contributed by atoms with Gasteiger partial charge < -0.3 is 4.74 Å². The Hall–Kier alpha value is 0.330. The molecule has 0 radical (unpaired) electrons. The molecule has 68 valence electrons. The summed E-state index contributed by atoms with van der Waals surface area (Å²) in [4.78, 5) is 11.6. The number of rotatable bonds is 2. The fourth-order valence-corrected chi connectivity index (χ4v) is 3.56. The van der Waals surface area contributed by atoms with Crippen molar-refractivity contribution in [3.8, 4) is 0 Å². The van der Waals surface area contributed by atoms with E-state index in [2.05, 4.69) is 20.7 Å². The van der Waals surface area contributed by atoms with E-state index in [1.807, 2.05) is 0 Å². The molecule has 0 saturated carbocycles. The molecule has 1 aliphatic heterocycles. The van der Waals surface area contributed by atoms with Gasteiger partial charge in [0.25, 0.3) is 0 Å². The lowest BCUT2D eigenvalue weighted by atomic mass is 10.2. The molecule has 0 N–H and O–H groups in total. The van der Waals surface area contributed by atoms with Gasteiger partial charge in [0.2, 0.25) is 0 Å².